The molecule has 2 rings (SSSR count). The molecule has 1 saturated heterocycles. The van der Waals surface area contributed by atoms with Gasteiger partial charge in [-0.1, -0.05) is 6.07 Å². The number of aliphatic carboxylic acids is 1. The molecule has 4 nitrogen and oxygen atoms in total. The number of hydrogen-bond acceptors (Lipinski definition) is 3. The summed E-state index contributed by atoms with van der Waals surface area (Å²) in [5.41, 5.74) is 3.02. The van der Waals surface area contributed by atoms with E-state index in [1.165, 1.54) is 5.56 Å². The molecule has 1 fully saturated rings. The first-order valence-electron chi connectivity index (χ1n) is 6.02. The van der Waals surface area contributed by atoms with Gasteiger partial charge in [-0.25, -0.2) is 0 Å². The maximum absolute atomic E-state index is 10.5. The summed E-state index contributed by atoms with van der Waals surface area (Å²) in [6, 6.07) is 7.83. The summed E-state index contributed by atoms with van der Waals surface area (Å²) in [6.45, 7) is 4.55. The topological polar surface area (TPSA) is 64.3 Å². The Morgan fingerprint density at radius 1 is 1.56 bits per heavy atom. The Balaban J connectivity index is 1.89. The number of nitriles is 1. The molecule has 0 aliphatic carbocycles. The fraction of sp³-hybridized carbons (Fsp3) is 0.429. The van der Waals surface area contributed by atoms with E-state index in [4.69, 9.17) is 10.4 Å². The van der Waals surface area contributed by atoms with Gasteiger partial charge in [0.25, 0.3) is 0 Å². The molecule has 0 amide bonds. The van der Waals surface area contributed by atoms with E-state index in [1.54, 1.807) is 0 Å². The van der Waals surface area contributed by atoms with Gasteiger partial charge in [0.05, 0.1) is 18.1 Å². The highest BCUT2D eigenvalue weighted by molar-refractivity contribution is 5.67. The molecule has 94 valence electrons. The number of likely N-dealkylation sites (tertiary alicyclic amines) is 1. The van der Waals surface area contributed by atoms with Crippen LogP contribution in [0.4, 0.5) is 0 Å². The Morgan fingerprint density at radius 3 is 2.83 bits per heavy atom. The van der Waals surface area contributed by atoms with Crippen LogP contribution in [-0.2, 0) is 11.3 Å². The number of hydrogen-bond donors (Lipinski definition) is 1. The van der Waals surface area contributed by atoms with E-state index in [2.05, 4.69) is 11.0 Å². The third-order valence-electron chi connectivity index (χ3n) is 3.36. The second kappa shape index (κ2) is 5.19. The minimum atomic E-state index is -0.714. The summed E-state index contributed by atoms with van der Waals surface area (Å²) in [6.07, 6.45) is 0.267. The van der Waals surface area contributed by atoms with Crippen molar-refractivity contribution in [2.24, 2.45) is 5.92 Å². The maximum Gasteiger partial charge on any atom is 0.303 e. The highest BCUT2D eigenvalue weighted by Gasteiger charge is 2.28. The molecule has 0 radical (unpaired) electrons. The molecule has 0 unspecified atom stereocenters. The summed E-state index contributed by atoms with van der Waals surface area (Å²) in [5.74, 6) is -0.421. The summed E-state index contributed by atoms with van der Waals surface area (Å²) in [5, 5.41) is 17.5. The van der Waals surface area contributed by atoms with E-state index >= 15 is 0 Å². The zero-order valence-electron chi connectivity index (χ0n) is 10.4. The van der Waals surface area contributed by atoms with E-state index in [-0.39, 0.29) is 6.42 Å². The molecule has 1 aromatic carbocycles. The average Bonchev–Trinajstić information content (AvgIpc) is 2.27. The standard InChI is InChI=1S/C14H16N2O2/c1-10-4-11(6-15)2-3-13(10)9-16-7-12(8-16)5-14(17)18/h2-4,12H,5,7-9H2,1H3,(H,17,18). The zero-order valence-corrected chi connectivity index (χ0v) is 10.4. The average molecular weight is 244 g/mol. The molecule has 0 atom stereocenters. The van der Waals surface area contributed by atoms with Gasteiger partial charge in [-0.15, -0.1) is 0 Å². The van der Waals surface area contributed by atoms with Crippen molar-refractivity contribution in [3.63, 3.8) is 0 Å². The molecule has 18 heavy (non-hydrogen) atoms. The largest absolute Gasteiger partial charge is 0.481 e. The lowest BCUT2D eigenvalue weighted by atomic mass is 9.95. The van der Waals surface area contributed by atoms with Gasteiger partial charge < -0.3 is 5.11 Å². The number of carboxylic acid groups (broad SMARTS) is 1. The van der Waals surface area contributed by atoms with E-state index in [0.29, 0.717) is 11.5 Å². The van der Waals surface area contributed by atoms with E-state index in [0.717, 1.165) is 25.2 Å². The summed E-state index contributed by atoms with van der Waals surface area (Å²) in [7, 11) is 0. The Kier molecular flexibility index (Phi) is 3.63. The second-order valence-corrected chi connectivity index (χ2v) is 4.91. The third-order valence-corrected chi connectivity index (χ3v) is 3.36. The van der Waals surface area contributed by atoms with Crippen LogP contribution in [0.3, 0.4) is 0 Å². The number of aryl methyl sites for hydroxylation is 1. The van der Waals surface area contributed by atoms with Crippen LogP contribution >= 0.6 is 0 Å². The van der Waals surface area contributed by atoms with Gasteiger partial charge in [0.2, 0.25) is 0 Å². The molecule has 0 saturated carbocycles. The first-order valence-corrected chi connectivity index (χ1v) is 6.02. The van der Waals surface area contributed by atoms with E-state index in [1.807, 2.05) is 25.1 Å². The van der Waals surface area contributed by atoms with Crippen molar-refractivity contribution in [3.8, 4) is 6.07 Å². The van der Waals surface area contributed by atoms with Gasteiger partial charge in [0.15, 0.2) is 0 Å². The minimum absolute atomic E-state index is 0.267. The van der Waals surface area contributed by atoms with Crippen LogP contribution in [0.2, 0.25) is 0 Å². The van der Waals surface area contributed by atoms with E-state index < -0.39 is 5.97 Å². The molecule has 1 N–H and O–H groups in total. The van der Waals surface area contributed by atoms with Crippen molar-refractivity contribution in [2.75, 3.05) is 13.1 Å². The molecule has 4 heteroatoms. The van der Waals surface area contributed by atoms with Gasteiger partial charge in [-0.05, 0) is 36.1 Å². The lowest BCUT2D eigenvalue weighted by Gasteiger charge is -2.38. The molecule has 1 aliphatic rings. The number of nitrogens with zero attached hydrogens (tertiary/aromatic N) is 2. The number of carboxylic acids is 1. The van der Waals surface area contributed by atoms with Gasteiger partial charge in [0, 0.05) is 19.6 Å². The normalized spacial score (nSPS) is 16.0. The molecule has 0 spiro atoms. The predicted octanol–water partition coefficient (Wildman–Crippen LogP) is 1.77. The maximum atomic E-state index is 10.5. The lowest BCUT2D eigenvalue weighted by Crippen LogP contribution is -2.46. The van der Waals surface area contributed by atoms with Crippen molar-refractivity contribution >= 4 is 5.97 Å². The SMILES string of the molecule is Cc1cc(C#N)ccc1CN1CC(CC(=O)O)C1. The van der Waals surface area contributed by atoms with Crippen LogP contribution < -0.4 is 0 Å². The number of benzene rings is 1. The van der Waals surface area contributed by atoms with E-state index in [9.17, 15) is 4.79 Å². The predicted molar refractivity (Wildman–Crippen MR) is 66.9 cm³/mol. The quantitative estimate of drug-likeness (QED) is 0.876. The summed E-state index contributed by atoms with van der Waals surface area (Å²) >= 11 is 0. The summed E-state index contributed by atoms with van der Waals surface area (Å²) < 4.78 is 0. The molecule has 1 aliphatic heterocycles. The monoisotopic (exact) mass is 244 g/mol. The molecular weight excluding hydrogens is 228 g/mol. The third kappa shape index (κ3) is 2.88. The lowest BCUT2D eigenvalue weighted by molar-refractivity contribution is -0.139. The molecular formula is C14H16N2O2. The molecule has 0 bridgehead atoms. The van der Waals surface area contributed by atoms with Crippen molar-refractivity contribution in [3.05, 3.63) is 34.9 Å². The van der Waals surface area contributed by atoms with Crippen LogP contribution in [-0.4, -0.2) is 29.1 Å². The first kappa shape index (κ1) is 12.6. The molecule has 1 heterocycles. The van der Waals surface area contributed by atoms with Gasteiger partial charge in [-0.2, -0.15) is 5.26 Å². The van der Waals surface area contributed by atoms with Gasteiger partial charge in [0.1, 0.15) is 0 Å². The first-order chi connectivity index (χ1) is 8.58. The second-order valence-electron chi connectivity index (χ2n) is 4.91. The van der Waals surface area contributed by atoms with Crippen LogP contribution in [0.25, 0.3) is 0 Å². The van der Waals surface area contributed by atoms with Crippen LogP contribution in [0.15, 0.2) is 18.2 Å². The Bertz CT molecular complexity index is 499. The van der Waals surface area contributed by atoms with Crippen LogP contribution in [0, 0.1) is 24.2 Å². The van der Waals surface area contributed by atoms with Crippen molar-refractivity contribution in [2.45, 2.75) is 19.9 Å². The Labute approximate surface area is 106 Å². The minimum Gasteiger partial charge on any atom is -0.481 e. The van der Waals surface area contributed by atoms with Crippen molar-refractivity contribution in [1.29, 1.82) is 5.26 Å². The zero-order chi connectivity index (χ0) is 13.1. The Hall–Kier alpha value is -1.86. The molecule has 1 aromatic rings. The van der Waals surface area contributed by atoms with Crippen molar-refractivity contribution in [1.82, 2.24) is 4.90 Å². The van der Waals surface area contributed by atoms with Gasteiger partial charge in [-0.3, -0.25) is 9.69 Å². The van der Waals surface area contributed by atoms with Gasteiger partial charge >= 0.3 is 5.97 Å². The smallest absolute Gasteiger partial charge is 0.303 e. The van der Waals surface area contributed by atoms with Crippen molar-refractivity contribution < 1.29 is 9.90 Å². The number of rotatable bonds is 4. The summed E-state index contributed by atoms with van der Waals surface area (Å²) in [4.78, 5) is 12.8. The van der Waals surface area contributed by atoms with Crippen LogP contribution in [0.5, 0.6) is 0 Å². The highest BCUT2D eigenvalue weighted by Crippen LogP contribution is 2.22. The van der Waals surface area contributed by atoms with Crippen LogP contribution in [0.1, 0.15) is 23.1 Å². The fourth-order valence-electron chi connectivity index (χ4n) is 2.37. The number of carbonyl (C=O) groups is 1. The highest BCUT2D eigenvalue weighted by atomic mass is 16.4. The molecule has 0 aromatic heterocycles. The fourth-order valence-corrected chi connectivity index (χ4v) is 2.37. The Morgan fingerprint density at radius 2 is 2.28 bits per heavy atom.